The van der Waals surface area contributed by atoms with Crippen molar-refractivity contribution in [3.05, 3.63) is 0 Å². The third-order valence-electron chi connectivity index (χ3n) is 2.25. The standard InChI is InChI=1S/C11H23NO3/c1-11(2,14)7-9-12(3)8-5-6-10(13)15-4/h14H,5-9H2,1-4H3. The van der Waals surface area contributed by atoms with Gasteiger partial charge in [0.2, 0.25) is 0 Å². The number of methoxy groups -OCH3 is 1. The van der Waals surface area contributed by atoms with E-state index in [1.807, 2.05) is 7.05 Å². The average molecular weight is 217 g/mol. The van der Waals surface area contributed by atoms with Gasteiger partial charge in [-0.05, 0) is 40.3 Å². The molecule has 0 aromatic heterocycles. The SMILES string of the molecule is COC(=O)CCCN(C)CCC(C)(C)O. The van der Waals surface area contributed by atoms with Gasteiger partial charge >= 0.3 is 5.97 Å². The highest BCUT2D eigenvalue weighted by Crippen LogP contribution is 2.07. The number of aliphatic hydroxyl groups is 1. The topological polar surface area (TPSA) is 49.8 Å². The second kappa shape index (κ2) is 6.80. The van der Waals surface area contributed by atoms with Gasteiger partial charge in [0.05, 0.1) is 12.7 Å². The van der Waals surface area contributed by atoms with Crippen LogP contribution in [0, 0.1) is 0 Å². The minimum absolute atomic E-state index is 0.161. The van der Waals surface area contributed by atoms with Gasteiger partial charge in [-0.25, -0.2) is 0 Å². The lowest BCUT2D eigenvalue weighted by molar-refractivity contribution is -0.140. The third kappa shape index (κ3) is 9.69. The van der Waals surface area contributed by atoms with Gasteiger partial charge in [-0.2, -0.15) is 0 Å². The Morgan fingerprint density at radius 1 is 1.40 bits per heavy atom. The summed E-state index contributed by atoms with van der Waals surface area (Å²) in [5.74, 6) is -0.161. The van der Waals surface area contributed by atoms with Crippen molar-refractivity contribution in [3.8, 4) is 0 Å². The second-order valence-corrected chi connectivity index (χ2v) is 4.55. The molecule has 0 aliphatic rings. The van der Waals surface area contributed by atoms with Crippen molar-refractivity contribution < 1.29 is 14.6 Å². The van der Waals surface area contributed by atoms with Crippen molar-refractivity contribution in [2.75, 3.05) is 27.2 Å². The molecule has 0 atom stereocenters. The van der Waals surface area contributed by atoms with E-state index in [1.165, 1.54) is 7.11 Å². The average Bonchev–Trinajstić information content (AvgIpc) is 2.13. The number of nitrogens with zero attached hydrogens (tertiary/aromatic N) is 1. The van der Waals surface area contributed by atoms with E-state index < -0.39 is 5.60 Å². The molecular weight excluding hydrogens is 194 g/mol. The number of ether oxygens (including phenoxy) is 1. The molecule has 0 radical (unpaired) electrons. The second-order valence-electron chi connectivity index (χ2n) is 4.55. The monoisotopic (exact) mass is 217 g/mol. The van der Waals surface area contributed by atoms with Crippen LogP contribution < -0.4 is 0 Å². The first-order valence-electron chi connectivity index (χ1n) is 5.33. The number of hydrogen-bond donors (Lipinski definition) is 1. The molecule has 0 fully saturated rings. The first kappa shape index (κ1) is 14.4. The molecule has 90 valence electrons. The lowest BCUT2D eigenvalue weighted by Crippen LogP contribution is -2.29. The Balaban J connectivity index is 3.49. The van der Waals surface area contributed by atoms with Crippen LogP contribution in [0.3, 0.4) is 0 Å². The first-order chi connectivity index (χ1) is 6.85. The summed E-state index contributed by atoms with van der Waals surface area (Å²) in [4.78, 5) is 12.9. The van der Waals surface area contributed by atoms with Gasteiger partial charge in [0.1, 0.15) is 0 Å². The van der Waals surface area contributed by atoms with Gasteiger partial charge in [0, 0.05) is 13.0 Å². The fourth-order valence-corrected chi connectivity index (χ4v) is 1.17. The normalized spacial score (nSPS) is 11.9. The van der Waals surface area contributed by atoms with Gasteiger partial charge in [0.25, 0.3) is 0 Å². The van der Waals surface area contributed by atoms with Crippen LogP contribution in [0.2, 0.25) is 0 Å². The Labute approximate surface area is 92.2 Å². The predicted molar refractivity (Wildman–Crippen MR) is 59.7 cm³/mol. The van der Waals surface area contributed by atoms with Crippen LogP contribution in [0.25, 0.3) is 0 Å². The number of carbonyl (C=O) groups excluding carboxylic acids is 1. The molecule has 0 spiro atoms. The molecule has 0 bridgehead atoms. The third-order valence-corrected chi connectivity index (χ3v) is 2.25. The van der Waals surface area contributed by atoms with Crippen LogP contribution in [-0.4, -0.2) is 48.8 Å². The first-order valence-corrected chi connectivity index (χ1v) is 5.33. The molecule has 0 amide bonds. The van der Waals surface area contributed by atoms with Gasteiger partial charge in [-0.15, -0.1) is 0 Å². The summed E-state index contributed by atoms with van der Waals surface area (Å²) in [5, 5.41) is 9.52. The Kier molecular flexibility index (Phi) is 6.52. The molecule has 0 aliphatic heterocycles. The van der Waals surface area contributed by atoms with E-state index >= 15 is 0 Å². The van der Waals surface area contributed by atoms with Gasteiger partial charge in [-0.1, -0.05) is 0 Å². The summed E-state index contributed by atoms with van der Waals surface area (Å²) in [5.41, 5.74) is -0.614. The smallest absolute Gasteiger partial charge is 0.305 e. The zero-order valence-corrected chi connectivity index (χ0v) is 10.2. The highest BCUT2D eigenvalue weighted by molar-refractivity contribution is 5.69. The van der Waals surface area contributed by atoms with Crippen LogP contribution >= 0.6 is 0 Å². The molecular formula is C11H23NO3. The van der Waals surface area contributed by atoms with Crippen molar-refractivity contribution in [1.29, 1.82) is 0 Å². The van der Waals surface area contributed by atoms with E-state index in [2.05, 4.69) is 9.64 Å². The Morgan fingerprint density at radius 2 is 2.00 bits per heavy atom. The summed E-state index contributed by atoms with van der Waals surface area (Å²) in [7, 11) is 3.39. The van der Waals surface area contributed by atoms with Gasteiger partial charge < -0.3 is 14.7 Å². The van der Waals surface area contributed by atoms with E-state index in [-0.39, 0.29) is 5.97 Å². The molecule has 0 heterocycles. The van der Waals surface area contributed by atoms with E-state index in [9.17, 15) is 9.90 Å². The largest absolute Gasteiger partial charge is 0.469 e. The molecule has 0 aliphatic carbocycles. The summed E-state index contributed by atoms with van der Waals surface area (Å²) in [6.07, 6.45) is 2.00. The summed E-state index contributed by atoms with van der Waals surface area (Å²) in [6, 6.07) is 0. The highest BCUT2D eigenvalue weighted by atomic mass is 16.5. The molecule has 4 heteroatoms. The Hall–Kier alpha value is -0.610. The number of rotatable bonds is 7. The maximum absolute atomic E-state index is 10.8. The summed E-state index contributed by atoms with van der Waals surface area (Å²) in [6.45, 7) is 5.29. The summed E-state index contributed by atoms with van der Waals surface area (Å²) < 4.78 is 4.55. The van der Waals surface area contributed by atoms with Crippen LogP contribution in [0.1, 0.15) is 33.1 Å². The van der Waals surface area contributed by atoms with Crippen molar-refractivity contribution >= 4 is 5.97 Å². The zero-order chi connectivity index (χ0) is 11.9. The molecule has 4 nitrogen and oxygen atoms in total. The fourth-order valence-electron chi connectivity index (χ4n) is 1.17. The molecule has 0 saturated heterocycles. The molecule has 0 unspecified atom stereocenters. The number of esters is 1. The molecule has 0 aromatic rings. The molecule has 0 aromatic carbocycles. The fraction of sp³-hybridized carbons (Fsp3) is 0.909. The van der Waals surface area contributed by atoms with E-state index in [0.717, 1.165) is 25.9 Å². The molecule has 0 rings (SSSR count). The van der Waals surface area contributed by atoms with Crippen LogP contribution in [0.15, 0.2) is 0 Å². The van der Waals surface area contributed by atoms with Crippen molar-refractivity contribution in [3.63, 3.8) is 0 Å². The van der Waals surface area contributed by atoms with Crippen molar-refractivity contribution in [2.45, 2.75) is 38.7 Å². The molecule has 15 heavy (non-hydrogen) atoms. The summed E-state index contributed by atoms with van der Waals surface area (Å²) >= 11 is 0. The highest BCUT2D eigenvalue weighted by Gasteiger charge is 2.13. The van der Waals surface area contributed by atoms with Crippen molar-refractivity contribution in [2.24, 2.45) is 0 Å². The lowest BCUT2D eigenvalue weighted by Gasteiger charge is -2.22. The number of carbonyl (C=O) groups is 1. The zero-order valence-electron chi connectivity index (χ0n) is 10.2. The molecule has 0 saturated carbocycles. The van der Waals surface area contributed by atoms with Gasteiger partial charge in [-0.3, -0.25) is 4.79 Å². The minimum Gasteiger partial charge on any atom is -0.469 e. The lowest BCUT2D eigenvalue weighted by atomic mass is 10.1. The van der Waals surface area contributed by atoms with E-state index in [0.29, 0.717) is 6.42 Å². The Morgan fingerprint density at radius 3 is 2.47 bits per heavy atom. The molecule has 1 N–H and O–H groups in total. The Bertz CT molecular complexity index is 187. The van der Waals surface area contributed by atoms with Crippen molar-refractivity contribution in [1.82, 2.24) is 4.90 Å². The quantitative estimate of drug-likeness (QED) is 0.647. The van der Waals surface area contributed by atoms with Crippen LogP contribution in [0.4, 0.5) is 0 Å². The van der Waals surface area contributed by atoms with E-state index in [4.69, 9.17) is 0 Å². The van der Waals surface area contributed by atoms with Gasteiger partial charge in [0.15, 0.2) is 0 Å². The number of hydrogen-bond acceptors (Lipinski definition) is 4. The van der Waals surface area contributed by atoms with Crippen LogP contribution in [0.5, 0.6) is 0 Å². The maximum atomic E-state index is 10.8. The van der Waals surface area contributed by atoms with E-state index in [1.54, 1.807) is 13.8 Å². The predicted octanol–water partition coefficient (Wildman–Crippen LogP) is 1.03. The maximum Gasteiger partial charge on any atom is 0.305 e. The minimum atomic E-state index is -0.614. The van der Waals surface area contributed by atoms with Crippen LogP contribution in [-0.2, 0) is 9.53 Å².